The van der Waals surface area contributed by atoms with Gasteiger partial charge in [-0.3, -0.25) is 14.4 Å². The number of nitrogens with one attached hydrogen (secondary N) is 1. The number of ether oxygens (including phenoxy) is 2. The fourth-order valence-electron chi connectivity index (χ4n) is 2.99. The number of hydrogen-bond acceptors (Lipinski definition) is 5. The lowest BCUT2D eigenvalue weighted by Crippen LogP contribution is -2.28. The summed E-state index contributed by atoms with van der Waals surface area (Å²) in [5.74, 6) is -1.12. The van der Waals surface area contributed by atoms with Crippen molar-refractivity contribution in [2.45, 2.75) is 13.3 Å². The monoisotopic (exact) mass is 416 g/mol. The first-order chi connectivity index (χ1) is 14.0. The van der Waals surface area contributed by atoms with E-state index in [0.29, 0.717) is 28.8 Å². The second-order valence-corrected chi connectivity index (χ2v) is 6.93. The lowest BCUT2D eigenvalue weighted by molar-refractivity contribution is -0.151. The minimum Gasteiger partial charge on any atom is -0.494 e. The van der Waals surface area contributed by atoms with Crippen LogP contribution in [0.3, 0.4) is 0 Å². The highest BCUT2D eigenvalue weighted by Crippen LogP contribution is 2.27. The SMILES string of the molecule is CCOc1ccc(NC(=O)COC(=O)[C@@H]2CC(=O)N(c3ccc(Cl)cc3)C2)cc1. The molecule has 152 valence electrons. The number of nitrogens with zero attached hydrogens (tertiary/aromatic N) is 1. The van der Waals surface area contributed by atoms with Gasteiger partial charge in [-0.15, -0.1) is 0 Å². The quantitative estimate of drug-likeness (QED) is 0.700. The Balaban J connectivity index is 1.48. The summed E-state index contributed by atoms with van der Waals surface area (Å²) >= 11 is 5.86. The Hall–Kier alpha value is -3.06. The Bertz CT molecular complexity index is 883. The van der Waals surface area contributed by atoms with Gasteiger partial charge in [-0.2, -0.15) is 0 Å². The molecule has 1 N–H and O–H groups in total. The van der Waals surface area contributed by atoms with Crippen LogP contribution in [0.4, 0.5) is 11.4 Å². The van der Waals surface area contributed by atoms with E-state index in [-0.39, 0.29) is 18.9 Å². The van der Waals surface area contributed by atoms with E-state index in [2.05, 4.69) is 5.32 Å². The summed E-state index contributed by atoms with van der Waals surface area (Å²) in [6.07, 6.45) is 0.0436. The highest BCUT2D eigenvalue weighted by molar-refractivity contribution is 6.30. The maximum atomic E-state index is 12.3. The fourth-order valence-corrected chi connectivity index (χ4v) is 3.11. The Labute approximate surface area is 173 Å². The summed E-state index contributed by atoms with van der Waals surface area (Å²) in [7, 11) is 0. The molecule has 0 unspecified atom stereocenters. The summed E-state index contributed by atoms with van der Waals surface area (Å²) in [5, 5.41) is 3.21. The van der Waals surface area contributed by atoms with Gasteiger partial charge in [0.2, 0.25) is 5.91 Å². The number of rotatable bonds is 7. The molecule has 3 rings (SSSR count). The number of amides is 2. The Morgan fingerprint density at radius 2 is 1.83 bits per heavy atom. The normalized spacial score (nSPS) is 15.9. The van der Waals surface area contributed by atoms with Crippen LogP contribution in [0.25, 0.3) is 0 Å². The highest BCUT2D eigenvalue weighted by Gasteiger charge is 2.36. The van der Waals surface area contributed by atoms with E-state index >= 15 is 0 Å². The molecule has 0 radical (unpaired) electrons. The molecule has 1 aliphatic rings. The molecule has 29 heavy (non-hydrogen) atoms. The van der Waals surface area contributed by atoms with Gasteiger partial charge in [0.25, 0.3) is 5.91 Å². The van der Waals surface area contributed by atoms with Gasteiger partial charge in [0.15, 0.2) is 6.61 Å². The number of carbonyl (C=O) groups excluding carboxylic acids is 3. The van der Waals surface area contributed by atoms with Crippen molar-refractivity contribution < 1.29 is 23.9 Å². The first kappa shape index (κ1) is 20.7. The van der Waals surface area contributed by atoms with Crippen LogP contribution in [-0.4, -0.2) is 37.5 Å². The lowest BCUT2D eigenvalue weighted by Gasteiger charge is -2.16. The molecule has 1 atom stereocenters. The van der Waals surface area contributed by atoms with E-state index in [1.165, 1.54) is 4.90 Å². The van der Waals surface area contributed by atoms with Gasteiger partial charge >= 0.3 is 5.97 Å². The lowest BCUT2D eigenvalue weighted by atomic mass is 10.1. The van der Waals surface area contributed by atoms with Crippen LogP contribution in [0.5, 0.6) is 5.75 Å². The van der Waals surface area contributed by atoms with Crippen molar-refractivity contribution in [2.24, 2.45) is 5.92 Å². The predicted octanol–water partition coefficient (Wildman–Crippen LogP) is 3.27. The smallest absolute Gasteiger partial charge is 0.311 e. The van der Waals surface area contributed by atoms with Gasteiger partial charge in [0.05, 0.1) is 12.5 Å². The Morgan fingerprint density at radius 3 is 2.48 bits per heavy atom. The van der Waals surface area contributed by atoms with Crippen molar-refractivity contribution in [2.75, 3.05) is 30.0 Å². The average Bonchev–Trinajstić information content (AvgIpc) is 3.10. The summed E-state index contributed by atoms with van der Waals surface area (Å²) in [6.45, 7) is 2.23. The first-order valence-corrected chi connectivity index (χ1v) is 9.59. The first-order valence-electron chi connectivity index (χ1n) is 9.21. The number of anilines is 2. The summed E-state index contributed by atoms with van der Waals surface area (Å²) in [4.78, 5) is 38.0. The molecule has 8 heteroatoms. The van der Waals surface area contributed by atoms with E-state index in [1.807, 2.05) is 6.92 Å². The minimum atomic E-state index is -0.614. The van der Waals surface area contributed by atoms with Crippen molar-refractivity contribution >= 4 is 40.8 Å². The summed E-state index contributed by atoms with van der Waals surface area (Å²) in [5.41, 5.74) is 1.24. The molecule has 2 aromatic rings. The standard InChI is InChI=1S/C21H21ClN2O5/c1-2-28-18-9-5-16(6-10-18)23-19(25)13-29-21(27)14-11-20(26)24(12-14)17-7-3-15(22)4-8-17/h3-10,14H,2,11-13H2,1H3,(H,23,25)/t14-/m1/s1. The van der Waals surface area contributed by atoms with Gasteiger partial charge in [0, 0.05) is 29.4 Å². The van der Waals surface area contributed by atoms with Crippen molar-refractivity contribution in [3.05, 3.63) is 53.6 Å². The van der Waals surface area contributed by atoms with Crippen molar-refractivity contribution in [3.8, 4) is 5.75 Å². The van der Waals surface area contributed by atoms with Gasteiger partial charge in [-0.25, -0.2) is 0 Å². The third-order valence-electron chi connectivity index (χ3n) is 4.39. The second kappa shape index (κ2) is 9.43. The van der Waals surface area contributed by atoms with Gasteiger partial charge in [-0.05, 0) is 55.5 Å². The molecule has 0 aliphatic carbocycles. The fraction of sp³-hybridized carbons (Fsp3) is 0.286. The Morgan fingerprint density at radius 1 is 1.14 bits per heavy atom. The summed E-state index contributed by atoms with van der Waals surface area (Å²) < 4.78 is 10.4. The maximum absolute atomic E-state index is 12.3. The van der Waals surface area contributed by atoms with Crippen LogP contribution < -0.4 is 15.0 Å². The van der Waals surface area contributed by atoms with E-state index in [9.17, 15) is 14.4 Å². The molecule has 0 aromatic heterocycles. The van der Waals surface area contributed by atoms with Crippen molar-refractivity contribution in [1.82, 2.24) is 0 Å². The maximum Gasteiger partial charge on any atom is 0.311 e. The van der Waals surface area contributed by atoms with Gasteiger partial charge in [0.1, 0.15) is 5.75 Å². The molecule has 7 nitrogen and oxygen atoms in total. The third kappa shape index (κ3) is 5.48. The minimum absolute atomic E-state index is 0.0436. The number of benzene rings is 2. The predicted molar refractivity (Wildman–Crippen MR) is 109 cm³/mol. The van der Waals surface area contributed by atoms with Crippen LogP contribution >= 0.6 is 11.6 Å². The number of halogens is 1. The molecule has 0 bridgehead atoms. The van der Waals surface area contributed by atoms with Crippen LogP contribution in [-0.2, 0) is 19.1 Å². The molecule has 1 heterocycles. The molecule has 2 amide bonds. The molecule has 0 saturated carbocycles. The molecule has 2 aromatic carbocycles. The zero-order chi connectivity index (χ0) is 20.8. The topological polar surface area (TPSA) is 84.9 Å². The number of hydrogen-bond donors (Lipinski definition) is 1. The van der Waals surface area contributed by atoms with Crippen molar-refractivity contribution in [1.29, 1.82) is 0 Å². The zero-order valence-corrected chi connectivity index (χ0v) is 16.6. The largest absolute Gasteiger partial charge is 0.494 e. The van der Waals surface area contributed by atoms with Gasteiger partial charge in [-0.1, -0.05) is 11.6 Å². The van der Waals surface area contributed by atoms with Crippen LogP contribution in [0.15, 0.2) is 48.5 Å². The van der Waals surface area contributed by atoms with Crippen LogP contribution in [0.1, 0.15) is 13.3 Å². The molecular formula is C21H21ClN2O5. The third-order valence-corrected chi connectivity index (χ3v) is 4.64. The average molecular weight is 417 g/mol. The van der Waals surface area contributed by atoms with E-state index < -0.39 is 24.4 Å². The zero-order valence-electron chi connectivity index (χ0n) is 15.9. The molecular weight excluding hydrogens is 396 g/mol. The van der Waals surface area contributed by atoms with Crippen LogP contribution in [0.2, 0.25) is 5.02 Å². The number of carbonyl (C=O) groups is 3. The number of esters is 1. The van der Waals surface area contributed by atoms with E-state index in [1.54, 1.807) is 48.5 Å². The second-order valence-electron chi connectivity index (χ2n) is 6.50. The van der Waals surface area contributed by atoms with E-state index in [0.717, 1.165) is 0 Å². The van der Waals surface area contributed by atoms with Gasteiger partial charge < -0.3 is 19.7 Å². The Kier molecular flexibility index (Phi) is 6.72. The molecule has 1 fully saturated rings. The highest BCUT2D eigenvalue weighted by atomic mass is 35.5. The van der Waals surface area contributed by atoms with E-state index in [4.69, 9.17) is 21.1 Å². The van der Waals surface area contributed by atoms with Crippen LogP contribution in [0, 0.1) is 5.92 Å². The molecule has 0 spiro atoms. The summed E-state index contributed by atoms with van der Waals surface area (Å²) in [6, 6.07) is 13.7. The van der Waals surface area contributed by atoms with Crippen molar-refractivity contribution in [3.63, 3.8) is 0 Å². The molecule has 1 saturated heterocycles. The molecule has 1 aliphatic heterocycles.